The molecule has 0 radical (unpaired) electrons. The van der Waals surface area contributed by atoms with Crippen LogP contribution < -0.4 is 11.5 Å². The lowest BCUT2D eigenvalue weighted by molar-refractivity contribution is 0.112. The maximum Gasteiger partial charge on any atom is 0.153 e. The van der Waals surface area contributed by atoms with Gasteiger partial charge in [-0.15, -0.1) is 0 Å². The SMILES string of the molecule is C.Clc1ncccc1I.Nc1ccccc1N.O=Cc1cccc2c1oc1ccccc12.c1ccc2[nH]c(-c3cccc4c3oc3ccccc34)nc2c1.c1ccc2c(c1)nc1c3c(ccc4c5ccccc5oc43)c3ncccc3n21. The van der Waals surface area contributed by atoms with Crippen LogP contribution in [-0.4, -0.2) is 35.6 Å². The van der Waals surface area contributed by atoms with Crippen molar-refractivity contribution in [2.45, 2.75) is 7.43 Å². The number of nitrogens with two attached hydrogens (primary N) is 2. The number of nitrogen functional groups attached to an aromatic ring is 2. The molecule has 0 aliphatic rings. The van der Waals surface area contributed by atoms with E-state index in [-0.39, 0.29) is 7.43 Å². The van der Waals surface area contributed by atoms with E-state index in [2.05, 4.69) is 90.5 Å². The summed E-state index contributed by atoms with van der Waals surface area (Å²) in [5.41, 5.74) is 25.7. The maximum atomic E-state index is 10.8. The van der Waals surface area contributed by atoms with Gasteiger partial charge in [-0.25, -0.2) is 15.0 Å². The molecule has 9 aromatic carbocycles. The number of anilines is 2. The van der Waals surface area contributed by atoms with Gasteiger partial charge in [-0.1, -0.05) is 140 Å². The van der Waals surface area contributed by atoms with Crippen LogP contribution in [0.5, 0.6) is 0 Å². The zero-order chi connectivity index (χ0) is 55.0. The Morgan fingerprint density at radius 3 is 1.66 bits per heavy atom. The van der Waals surface area contributed by atoms with Crippen LogP contribution in [-0.2, 0) is 0 Å². The number of imidazole rings is 2. The second kappa shape index (κ2) is 22.6. The molecule has 0 bridgehead atoms. The molecule has 0 fully saturated rings. The van der Waals surface area contributed by atoms with Crippen LogP contribution in [0.25, 0.3) is 127 Å². The molecule has 5 N–H and O–H groups in total. The lowest BCUT2D eigenvalue weighted by Crippen LogP contribution is -1.93. The Balaban J connectivity index is 0.000000110. The van der Waals surface area contributed by atoms with Crippen molar-refractivity contribution in [1.29, 1.82) is 0 Å². The molecule has 0 saturated heterocycles. The molecule has 398 valence electrons. The number of pyridine rings is 3. The normalized spacial score (nSPS) is 11.1. The number of halogens is 2. The highest BCUT2D eigenvalue weighted by Crippen LogP contribution is 2.40. The molecule has 0 unspecified atom stereocenters. The van der Waals surface area contributed by atoms with Gasteiger partial charge in [0, 0.05) is 50.1 Å². The van der Waals surface area contributed by atoms with E-state index in [0.717, 1.165) is 131 Å². The fourth-order valence-electron chi connectivity index (χ4n) is 10.2. The van der Waals surface area contributed by atoms with Crippen molar-refractivity contribution in [3.05, 3.63) is 245 Å². The molecular weight excluding hydrogens is 1160 g/mol. The monoisotopic (exact) mass is 1200 g/mol. The van der Waals surface area contributed by atoms with E-state index in [1.54, 1.807) is 24.4 Å². The van der Waals surface area contributed by atoms with Crippen molar-refractivity contribution >= 4 is 167 Å². The Kier molecular flexibility index (Phi) is 14.5. The molecular formula is C68H48ClIN8O4. The smallest absolute Gasteiger partial charge is 0.153 e. The number of carbonyl (C=O) groups is 1. The number of hydrogen-bond donors (Lipinski definition) is 3. The number of aromatic amines is 1. The molecule has 17 aromatic rings. The summed E-state index contributed by atoms with van der Waals surface area (Å²) < 4.78 is 21.2. The first-order valence-electron chi connectivity index (χ1n) is 25.8. The Morgan fingerprint density at radius 2 is 1.01 bits per heavy atom. The highest BCUT2D eigenvalue weighted by molar-refractivity contribution is 14.1. The third-order valence-corrected chi connectivity index (χ3v) is 15.4. The summed E-state index contributed by atoms with van der Waals surface area (Å²) in [5.74, 6) is 0.839. The van der Waals surface area contributed by atoms with Gasteiger partial charge in [0.15, 0.2) is 6.29 Å². The lowest BCUT2D eigenvalue weighted by atomic mass is 10.1. The Labute approximate surface area is 486 Å². The van der Waals surface area contributed by atoms with Gasteiger partial charge in [-0.3, -0.25) is 14.2 Å². The number of carbonyl (C=O) groups excluding carboxylic acids is 1. The second-order valence-electron chi connectivity index (χ2n) is 18.8. The number of furan rings is 3. The molecule has 17 rings (SSSR count). The number of rotatable bonds is 2. The number of H-pyrrole nitrogens is 1. The summed E-state index contributed by atoms with van der Waals surface area (Å²) in [6.07, 6.45) is 4.34. The molecule has 12 nitrogen and oxygen atoms in total. The topological polar surface area (TPSA) is 180 Å². The van der Waals surface area contributed by atoms with E-state index < -0.39 is 0 Å². The van der Waals surface area contributed by atoms with E-state index in [1.807, 2.05) is 158 Å². The van der Waals surface area contributed by atoms with Crippen molar-refractivity contribution in [3.63, 3.8) is 0 Å². The molecule has 0 spiro atoms. The Bertz CT molecular complexity index is 5080. The van der Waals surface area contributed by atoms with Gasteiger partial charge in [0.2, 0.25) is 0 Å². The maximum absolute atomic E-state index is 10.8. The van der Waals surface area contributed by atoms with E-state index in [4.69, 9.17) is 46.3 Å². The van der Waals surface area contributed by atoms with Gasteiger partial charge in [-0.05, 0) is 120 Å². The summed E-state index contributed by atoms with van der Waals surface area (Å²) in [5, 5.41) is 9.17. The van der Waals surface area contributed by atoms with Crippen LogP contribution in [0.1, 0.15) is 17.8 Å². The first-order chi connectivity index (χ1) is 39.8. The number of para-hydroxylation sites is 11. The second-order valence-corrected chi connectivity index (χ2v) is 20.3. The predicted molar refractivity (Wildman–Crippen MR) is 345 cm³/mol. The highest BCUT2D eigenvalue weighted by atomic mass is 127. The number of fused-ring (bicyclic) bond motifs is 19. The average Bonchev–Trinajstić information content (AvgIpc) is 2.35. The zero-order valence-electron chi connectivity index (χ0n) is 42.8. The predicted octanol–water partition coefficient (Wildman–Crippen LogP) is 18.4. The minimum atomic E-state index is 0. The molecule has 0 saturated carbocycles. The fourth-order valence-corrected chi connectivity index (χ4v) is 10.6. The molecule has 82 heavy (non-hydrogen) atoms. The quantitative estimate of drug-likeness (QED) is 0.0496. The summed E-state index contributed by atoms with van der Waals surface area (Å²) in [6, 6.07) is 71.5. The molecule has 0 aliphatic carbocycles. The van der Waals surface area contributed by atoms with E-state index in [1.165, 1.54) is 0 Å². The Morgan fingerprint density at radius 1 is 0.488 bits per heavy atom. The fraction of sp³-hybridized carbons (Fsp3) is 0.0147. The zero-order valence-corrected chi connectivity index (χ0v) is 45.7. The largest absolute Gasteiger partial charge is 0.455 e. The Hall–Kier alpha value is -10.1. The molecule has 14 heteroatoms. The molecule has 0 amide bonds. The van der Waals surface area contributed by atoms with Crippen LogP contribution in [0.2, 0.25) is 5.15 Å². The number of nitrogens with one attached hydrogen (secondary N) is 1. The summed E-state index contributed by atoms with van der Waals surface area (Å²) in [7, 11) is 0. The third kappa shape index (κ3) is 9.71. The first kappa shape index (κ1) is 52.6. The van der Waals surface area contributed by atoms with Crippen LogP contribution in [0.3, 0.4) is 0 Å². The number of nitrogens with zero attached hydrogens (tertiary/aromatic N) is 5. The van der Waals surface area contributed by atoms with Gasteiger partial charge in [0.1, 0.15) is 50.1 Å². The first-order valence-corrected chi connectivity index (χ1v) is 27.2. The highest BCUT2D eigenvalue weighted by Gasteiger charge is 2.20. The van der Waals surface area contributed by atoms with Crippen LogP contribution in [0.15, 0.2) is 244 Å². The van der Waals surface area contributed by atoms with Gasteiger partial charge in [-0.2, -0.15) is 0 Å². The van der Waals surface area contributed by atoms with Crippen molar-refractivity contribution in [2.75, 3.05) is 11.5 Å². The summed E-state index contributed by atoms with van der Waals surface area (Å²) in [4.78, 5) is 32.4. The number of aromatic nitrogens is 6. The molecule has 0 atom stereocenters. The van der Waals surface area contributed by atoms with Crippen molar-refractivity contribution in [1.82, 2.24) is 29.3 Å². The average molecular weight is 1200 g/mol. The van der Waals surface area contributed by atoms with Crippen molar-refractivity contribution in [2.24, 2.45) is 0 Å². The molecule has 8 aromatic heterocycles. The van der Waals surface area contributed by atoms with Gasteiger partial charge in [0.25, 0.3) is 0 Å². The van der Waals surface area contributed by atoms with Crippen molar-refractivity contribution in [3.8, 4) is 11.4 Å². The van der Waals surface area contributed by atoms with Gasteiger partial charge < -0.3 is 29.7 Å². The molecule has 0 aliphatic heterocycles. The van der Waals surface area contributed by atoms with Crippen LogP contribution in [0.4, 0.5) is 11.4 Å². The minimum absolute atomic E-state index is 0. The van der Waals surface area contributed by atoms with E-state index >= 15 is 0 Å². The number of aldehydes is 1. The summed E-state index contributed by atoms with van der Waals surface area (Å²) in [6.45, 7) is 0. The molecule has 8 heterocycles. The van der Waals surface area contributed by atoms with E-state index in [9.17, 15) is 4.79 Å². The van der Waals surface area contributed by atoms with Crippen LogP contribution >= 0.6 is 34.2 Å². The van der Waals surface area contributed by atoms with Gasteiger partial charge in [0.05, 0.1) is 64.6 Å². The van der Waals surface area contributed by atoms with E-state index in [0.29, 0.717) is 27.7 Å². The van der Waals surface area contributed by atoms with Crippen LogP contribution in [0, 0.1) is 3.57 Å². The number of benzene rings is 9. The lowest BCUT2D eigenvalue weighted by Gasteiger charge is -2.08. The minimum Gasteiger partial charge on any atom is -0.455 e. The van der Waals surface area contributed by atoms with Crippen molar-refractivity contribution < 1.29 is 18.0 Å². The third-order valence-electron chi connectivity index (χ3n) is 13.9. The number of hydrogen-bond acceptors (Lipinski definition) is 10. The summed E-state index contributed by atoms with van der Waals surface area (Å²) >= 11 is 7.72. The van der Waals surface area contributed by atoms with Gasteiger partial charge >= 0.3 is 0 Å². The standard InChI is InChI=1S/C24H13N3O.C19H12N2O.C13H8O2.C6H8N2.C5H3ClIN.CH4/c1-4-10-20-14(6-1)15-11-12-16-21(23(15)28-20)24-26-17-7-2-3-8-18(17)27(24)19-9-5-13-25-22(16)19;1-4-11-17-12(6-1)13-7-5-8-14(18(13)22-17)19-20-15-9-2-3-10-16(15)21-19;14-8-9-4-3-6-11-10-5-1-2-7-12(10)15-13(9)11;7-5-3-1-2-4-6(5)8;6-5-4(7)2-1-3-8-5;/h1-13H;1-11H,(H,20,21);1-8H;1-4H,7-8H2;1-3H;1H4.